The van der Waals surface area contributed by atoms with Crippen molar-refractivity contribution < 1.29 is 50.0 Å². The van der Waals surface area contributed by atoms with Gasteiger partial charge in [-0.15, -0.1) is 0 Å². The molecule has 0 bridgehead atoms. The van der Waals surface area contributed by atoms with Crippen molar-refractivity contribution in [3.05, 3.63) is 12.2 Å². The Morgan fingerprint density at radius 2 is 0.707 bits per heavy atom. The molecule has 1 fully saturated rings. The molecule has 9 atom stereocenters. The van der Waals surface area contributed by atoms with Gasteiger partial charge in [-0.1, -0.05) is 341 Å². The second-order valence-corrected chi connectivity index (χ2v) is 25.7. The van der Waals surface area contributed by atoms with Gasteiger partial charge < -0.3 is 50.5 Å². The molecule has 0 spiro atoms. The molecule has 0 aromatic heterocycles. The molecule has 1 amide bonds. The third-order valence-electron chi connectivity index (χ3n) is 17.8. The Morgan fingerprint density at radius 3 is 1.02 bits per heavy atom. The van der Waals surface area contributed by atoms with Crippen LogP contribution >= 0.6 is 0 Å². The van der Waals surface area contributed by atoms with Crippen LogP contribution in [0.4, 0.5) is 0 Å². The van der Waals surface area contributed by atoms with Crippen molar-refractivity contribution in [2.24, 2.45) is 0 Å². The average molecular weight is 1170 g/mol. The summed E-state index contributed by atoms with van der Waals surface area (Å²) in [5.41, 5.74) is 0. The van der Waals surface area contributed by atoms with Gasteiger partial charge in [0.1, 0.15) is 36.6 Å². The van der Waals surface area contributed by atoms with E-state index in [1.54, 1.807) is 0 Å². The second-order valence-electron chi connectivity index (χ2n) is 25.7. The van der Waals surface area contributed by atoms with Crippen LogP contribution in [-0.2, 0) is 14.3 Å². The molecule has 0 aliphatic carbocycles. The SMILES string of the molecule is CCCCCCCCCCCCCCCC/C=C\CCCCCCCCCCCCCCCCCCC(O)C(=O)NC(COC1OC(CO)C(O)C(O)C1O)C(O)C(O)CCCCCCCCCCCCCCCCCCCCCCC. The number of allylic oxidation sites excluding steroid dienone is 2. The summed E-state index contributed by atoms with van der Waals surface area (Å²) in [5.74, 6) is -0.688. The summed E-state index contributed by atoms with van der Waals surface area (Å²) in [6.07, 6.45) is 63.0. The van der Waals surface area contributed by atoms with E-state index in [4.69, 9.17) is 9.47 Å². The van der Waals surface area contributed by atoms with Gasteiger partial charge >= 0.3 is 0 Å². The molecule has 82 heavy (non-hydrogen) atoms. The van der Waals surface area contributed by atoms with Crippen LogP contribution in [0.2, 0.25) is 0 Å². The molecule has 8 N–H and O–H groups in total. The highest BCUT2D eigenvalue weighted by Gasteiger charge is 2.44. The van der Waals surface area contributed by atoms with Gasteiger partial charge in [-0.2, -0.15) is 0 Å². The molecule has 1 aliphatic rings. The Balaban J connectivity index is 2.15. The number of aliphatic hydroxyl groups is 7. The van der Waals surface area contributed by atoms with Crippen LogP contribution in [0.1, 0.15) is 367 Å². The van der Waals surface area contributed by atoms with Gasteiger partial charge in [0.25, 0.3) is 0 Å². The molecule has 1 aliphatic heterocycles. The summed E-state index contributed by atoms with van der Waals surface area (Å²) >= 11 is 0. The van der Waals surface area contributed by atoms with Crippen LogP contribution in [0.3, 0.4) is 0 Å². The third kappa shape index (κ3) is 47.0. The highest BCUT2D eigenvalue weighted by atomic mass is 16.7. The predicted molar refractivity (Wildman–Crippen MR) is 344 cm³/mol. The van der Waals surface area contributed by atoms with E-state index >= 15 is 0 Å². The standard InChI is InChI=1S/C71H139NO10/c1-3-5-7-9-11-13-15-17-19-21-23-25-26-27-28-29-30-31-32-33-34-35-36-37-39-41-43-45-47-49-51-53-55-57-59-64(75)70(80)72-62(61-81-71-69(79)68(78)67(77)65(60-73)82-71)66(76)63(74)58-56-54-52-50-48-46-44-42-40-38-24-22-20-18-16-14-12-10-8-6-4-2/h29-30,62-69,71,73-79H,3-28,31-61H2,1-2H3,(H,72,80)/b30-29-. The van der Waals surface area contributed by atoms with Crippen molar-refractivity contribution in [1.82, 2.24) is 5.32 Å². The van der Waals surface area contributed by atoms with Crippen molar-refractivity contribution >= 4 is 5.91 Å². The fraction of sp³-hybridized carbons (Fsp3) is 0.958. The molecule has 11 heteroatoms. The average Bonchev–Trinajstić information content (AvgIpc) is 3.48. The number of amides is 1. The van der Waals surface area contributed by atoms with Crippen molar-refractivity contribution in [1.29, 1.82) is 0 Å². The molecule has 488 valence electrons. The van der Waals surface area contributed by atoms with Gasteiger partial charge in [-0.25, -0.2) is 0 Å². The van der Waals surface area contributed by atoms with Gasteiger partial charge in [0.05, 0.1) is 25.4 Å². The van der Waals surface area contributed by atoms with Crippen LogP contribution in [0.5, 0.6) is 0 Å². The minimum atomic E-state index is -1.66. The van der Waals surface area contributed by atoms with E-state index in [0.29, 0.717) is 19.3 Å². The topological polar surface area (TPSA) is 189 Å². The number of hydrogen-bond acceptors (Lipinski definition) is 10. The maximum absolute atomic E-state index is 13.3. The highest BCUT2D eigenvalue weighted by Crippen LogP contribution is 2.24. The van der Waals surface area contributed by atoms with Crippen LogP contribution in [-0.4, -0.2) is 110 Å². The number of aliphatic hydroxyl groups excluding tert-OH is 7. The Labute approximate surface area is 506 Å². The van der Waals surface area contributed by atoms with E-state index in [-0.39, 0.29) is 6.42 Å². The Hall–Kier alpha value is -1.15. The zero-order valence-electron chi connectivity index (χ0n) is 54.0. The largest absolute Gasteiger partial charge is 0.394 e. The first-order valence-corrected chi connectivity index (χ1v) is 36.1. The number of rotatable bonds is 64. The minimum Gasteiger partial charge on any atom is -0.394 e. The number of nitrogens with one attached hydrogen (secondary N) is 1. The van der Waals surface area contributed by atoms with E-state index < -0.39 is 74.2 Å². The van der Waals surface area contributed by atoms with Crippen molar-refractivity contribution in [3.63, 3.8) is 0 Å². The molecular formula is C71H139NO10. The fourth-order valence-electron chi connectivity index (χ4n) is 12.0. The summed E-state index contributed by atoms with van der Waals surface area (Å²) in [6.45, 7) is 3.52. The van der Waals surface area contributed by atoms with E-state index in [1.165, 1.54) is 289 Å². The fourth-order valence-corrected chi connectivity index (χ4v) is 12.0. The Bertz CT molecular complexity index is 1340. The molecule has 0 aromatic rings. The lowest BCUT2D eigenvalue weighted by atomic mass is 9.98. The molecular weight excluding hydrogens is 1030 g/mol. The lowest BCUT2D eigenvalue weighted by molar-refractivity contribution is -0.303. The molecule has 1 rings (SSSR count). The van der Waals surface area contributed by atoms with Crippen LogP contribution in [0.15, 0.2) is 12.2 Å². The predicted octanol–water partition coefficient (Wildman–Crippen LogP) is 17.4. The van der Waals surface area contributed by atoms with Crippen molar-refractivity contribution in [2.45, 2.75) is 422 Å². The first-order chi connectivity index (χ1) is 40.2. The minimum absolute atomic E-state index is 0.265. The van der Waals surface area contributed by atoms with Crippen LogP contribution in [0, 0.1) is 0 Å². The highest BCUT2D eigenvalue weighted by molar-refractivity contribution is 5.80. The van der Waals surface area contributed by atoms with E-state index in [2.05, 4.69) is 31.3 Å². The van der Waals surface area contributed by atoms with Gasteiger partial charge in [-0.3, -0.25) is 4.79 Å². The van der Waals surface area contributed by atoms with Gasteiger partial charge in [0, 0.05) is 0 Å². The zero-order chi connectivity index (χ0) is 59.6. The zero-order valence-corrected chi connectivity index (χ0v) is 54.0. The first-order valence-electron chi connectivity index (χ1n) is 36.1. The number of hydrogen-bond donors (Lipinski definition) is 8. The molecule has 0 saturated carbocycles. The first kappa shape index (κ1) is 78.9. The van der Waals surface area contributed by atoms with Crippen molar-refractivity contribution in [2.75, 3.05) is 13.2 Å². The summed E-state index contributed by atoms with van der Waals surface area (Å²) in [6, 6.07) is -1.17. The number of ether oxygens (including phenoxy) is 2. The van der Waals surface area contributed by atoms with Gasteiger partial charge in [-0.05, 0) is 38.5 Å². The normalized spacial score (nSPS) is 19.1. The maximum atomic E-state index is 13.3. The molecule has 9 unspecified atom stereocenters. The second kappa shape index (κ2) is 60.1. The Kier molecular flexibility index (Phi) is 57.8. The molecule has 0 aromatic carbocycles. The smallest absolute Gasteiger partial charge is 0.249 e. The number of unbranched alkanes of at least 4 members (excludes halogenated alkanes) is 50. The molecule has 1 saturated heterocycles. The number of carbonyl (C=O) groups excluding carboxylic acids is 1. The summed E-state index contributed by atoms with van der Waals surface area (Å²) in [5, 5.41) is 76.5. The van der Waals surface area contributed by atoms with Gasteiger partial charge in [0.15, 0.2) is 6.29 Å². The number of carbonyl (C=O) groups is 1. The summed E-state index contributed by atoms with van der Waals surface area (Å²) in [7, 11) is 0. The quantitative estimate of drug-likeness (QED) is 0.0215. The lowest BCUT2D eigenvalue weighted by Crippen LogP contribution is -2.60. The van der Waals surface area contributed by atoms with Crippen molar-refractivity contribution in [3.8, 4) is 0 Å². The van der Waals surface area contributed by atoms with E-state index in [9.17, 15) is 40.5 Å². The lowest BCUT2D eigenvalue weighted by Gasteiger charge is -2.40. The van der Waals surface area contributed by atoms with Crippen LogP contribution < -0.4 is 5.32 Å². The van der Waals surface area contributed by atoms with E-state index in [0.717, 1.165) is 38.5 Å². The molecule has 0 radical (unpaired) electrons. The van der Waals surface area contributed by atoms with Gasteiger partial charge in [0.2, 0.25) is 5.91 Å². The third-order valence-corrected chi connectivity index (χ3v) is 17.8. The Morgan fingerprint density at radius 1 is 0.415 bits per heavy atom. The summed E-state index contributed by atoms with van der Waals surface area (Å²) < 4.78 is 11.2. The summed E-state index contributed by atoms with van der Waals surface area (Å²) in [4.78, 5) is 13.3. The monoisotopic (exact) mass is 1170 g/mol. The molecule has 11 nitrogen and oxygen atoms in total. The molecule has 1 heterocycles. The maximum Gasteiger partial charge on any atom is 0.249 e. The van der Waals surface area contributed by atoms with Crippen LogP contribution in [0.25, 0.3) is 0 Å². The van der Waals surface area contributed by atoms with E-state index in [1.807, 2.05) is 0 Å².